The van der Waals surface area contributed by atoms with Crippen LogP contribution in [0, 0.1) is 11.3 Å². The number of nitrogens with zero attached hydrogens (tertiary/aromatic N) is 1. The van der Waals surface area contributed by atoms with E-state index in [4.69, 9.17) is 4.74 Å². The van der Waals surface area contributed by atoms with Crippen molar-refractivity contribution < 1.29 is 4.74 Å². The maximum atomic E-state index is 5.04. The van der Waals surface area contributed by atoms with Crippen LogP contribution < -0.4 is 10.6 Å². The Morgan fingerprint density at radius 1 is 1.26 bits per heavy atom. The van der Waals surface area contributed by atoms with E-state index in [1.807, 2.05) is 7.05 Å². The minimum atomic E-state index is 0.479. The third-order valence-electron chi connectivity index (χ3n) is 3.96. The molecule has 0 radical (unpaired) electrons. The minimum Gasteiger partial charge on any atom is -0.383 e. The van der Waals surface area contributed by atoms with Crippen LogP contribution in [0.2, 0.25) is 0 Å². The summed E-state index contributed by atoms with van der Waals surface area (Å²) in [4.78, 5) is 4.27. The van der Waals surface area contributed by atoms with Crippen molar-refractivity contribution in [2.45, 2.75) is 46.0 Å². The summed E-state index contributed by atoms with van der Waals surface area (Å²) in [6.07, 6.45) is 6.78. The molecule has 2 N–H and O–H groups in total. The molecule has 0 unspecified atom stereocenters. The van der Waals surface area contributed by atoms with Gasteiger partial charge >= 0.3 is 0 Å². The van der Waals surface area contributed by atoms with Gasteiger partial charge in [0, 0.05) is 27.2 Å². The Kier molecular flexibility index (Phi) is 7.21. The average molecular weight is 269 g/mol. The molecule has 0 spiro atoms. The van der Waals surface area contributed by atoms with Gasteiger partial charge in [-0.3, -0.25) is 4.99 Å². The third-order valence-corrected chi connectivity index (χ3v) is 3.96. The fourth-order valence-corrected chi connectivity index (χ4v) is 3.21. The zero-order valence-corrected chi connectivity index (χ0v) is 13.1. The lowest BCUT2D eigenvalue weighted by atomic mass is 9.78. The number of methoxy groups -OCH3 is 1. The first kappa shape index (κ1) is 16.3. The van der Waals surface area contributed by atoms with Gasteiger partial charge in [0.05, 0.1) is 6.61 Å². The first-order chi connectivity index (χ1) is 9.12. The van der Waals surface area contributed by atoms with E-state index in [2.05, 4.69) is 29.5 Å². The molecule has 0 atom stereocenters. The average Bonchev–Trinajstić information content (AvgIpc) is 2.81. The molecule has 1 rings (SSSR count). The molecule has 0 amide bonds. The molecule has 0 saturated heterocycles. The number of aliphatic imine (C=N–C) groups is 1. The molecule has 112 valence electrons. The van der Waals surface area contributed by atoms with Crippen LogP contribution in [0.1, 0.15) is 46.0 Å². The van der Waals surface area contributed by atoms with Crippen LogP contribution in [0.5, 0.6) is 0 Å². The summed E-state index contributed by atoms with van der Waals surface area (Å²) in [6, 6.07) is 0. The van der Waals surface area contributed by atoms with Crippen molar-refractivity contribution in [3.05, 3.63) is 0 Å². The van der Waals surface area contributed by atoms with E-state index in [1.54, 1.807) is 7.11 Å². The maximum absolute atomic E-state index is 5.04. The summed E-state index contributed by atoms with van der Waals surface area (Å²) >= 11 is 0. The number of nitrogens with one attached hydrogen (secondary N) is 2. The largest absolute Gasteiger partial charge is 0.383 e. The molecular formula is C15H31N3O. The van der Waals surface area contributed by atoms with Gasteiger partial charge in [-0.05, 0) is 30.6 Å². The van der Waals surface area contributed by atoms with E-state index in [0.29, 0.717) is 12.0 Å². The molecular weight excluding hydrogens is 238 g/mol. The Morgan fingerprint density at radius 3 is 2.47 bits per heavy atom. The van der Waals surface area contributed by atoms with Crippen LogP contribution in [0.25, 0.3) is 0 Å². The zero-order valence-electron chi connectivity index (χ0n) is 13.1. The highest BCUT2D eigenvalue weighted by molar-refractivity contribution is 5.79. The molecule has 1 fully saturated rings. The van der Waals surface area contributed by atoms with E-state index >= 15 is 0 Å². The zero-order chi connectivity index (χ0) is 14.1. The summed E-state index contributed by atoms with van der Waals surface area (Å²) in [5.41, 5.74) is 0.479. The van der Waals surface area contributed by atoms with Gasteiger partial charge in [0.1, 0.15) is 0 Å². The molecule has 1 aliphatic carbocycles. The van der Waals surface area contributed by atoms with Crippen LogP contribution in [0.15, 0.2) is 4.99 Å². The van der Waals surface area contributed by atoms with E-state index in [-0.39, 0.29) is 0 Å². The van der Waals surface area contributed by atoms with Crippen LogP contribution in [-0.2, 0) is 4.74 Å². The molecule has 4 nitrogen and oxygen atoms in total. The molecule has 0 aromatic carbocycles. The number of hydrogen-bond donors (Lipinski definition) is 2. The normalized spacial score (nSPS) is 18.9. The Balaban J connectivity index is 2.42. The lowest BCUT2D eigenvalue weighted by Crippen LogP contribution is -2.44. The molecule has 1 saturated carbocycles. The van der Waals surface area contributed by atoms with Crippen molar-refractivity contribution >= 4 is 5.96 Å². The standard InChI is InChI=1S/C15H31N3O/c1-13(2)11-15(7-5-6-8-15)12-18-14(16-3)17-9-10-19-4/h13H,5-12H2,1-4H3,(H2,16,17,18). The second-order valence-electron chi connectivity index (χ2n) is 6.15. The van der Waals surface area contributed by atoms with Gasteiger partial charge in [-0.15, -0.1) is 0 Å². The summed E-state index contributed by atoms with van der Waals surface area (Å²) in [5.74, 6) is 1.66. The van der Waals surface area contributed by atoms with Crippen LogP contribution >= 0.6 is 0 Å². The van der Waals surface area contributed by atoms with Crippen LogP contribution in [0.4, 0.5) is 0 Å². The molecule has 0 bridgehead atoms. The van der Waals surface area contributed by atoms with Gasteiger partial charge in [0.15, 0.2) is 5.96 Å². The van der Waals surface area contributed by atoms with Crippen molar-refractivity contribution in [2.24, 2.45) is 16.3 Å². The second kappa shape index (κ2) is 8.41. The lowest BCUT2D eigenvalue weighted by molar-refractivity contribution is 0.203. The van der Waals surface area contributed by atoms with Crippen molar-refractivity contribution in [3.8, 4) is 0 Å². The predicted octanol–water partition coefficient (Wildman–Crippen LogP) is 2.40. The number of guanidine groups is 1. The van der Waals surface area contributed by atoms with E-state index in [0.717, 1.165) is 25.0 Å². The molecule has 19 heavy (non-hydrogen) atoms. The van der Waals surface area contributed by atoms with Crippen LogP contribution in [0.3, 0.4) is 0 Å². The van der Waals surface area contributed by atoms with Gasteiger partial charge in [-0.1, -0.05) is 26.7 Å². The third kappa shape index (κ3) is 5.81. The number of ether oxygens (including phenoxy) is 1. The van der Waals surface area contributed by atoms with Gasteiger partial charge in [-0.2, -0.15) is 0 Å². The molecule has 0 aromatic rings. The fourth-order valence-electron chi connectivity index (χ4n) is 3.21. The number of rotatable bonds is 7. The predicted molar refractivity (Wildman–Crippen MR) is 81.6 cm³/mol. The highest BCUT2D eigenvalue weighted by Crippen LogP contribution is 2.42. The van der Waals surface area contributed by atoms with E-state index in [9.17, 15) is 0 Å². The smallest absolute Gasteiger partial charge is 0.191 e. The summed E-state index contributed by atoms with van der Waals surface area (Å²) in [6.45, 7) is 7.19. The maximum Gasteiger partial charge on any atom is 0.191 e. The Labute approximate surface area is 118 Å². The highest BCUT2D eigenvalue weighted by atomic mass is 16.5. The van der Waals surface area contributed by atoms with Gasteiger partial charge in [0.25, 0.3) is 0 Å². The molecule has 1 aliphatic rings. The molecule has 4 heteroatoms. The summed E-state index contributed by atoms with van der Waals surface area (Å²) in [5, 5.41) is 6.78. The SMILES string of the molecule is CN=C(NCCOC)NCC1(CC(C)C)CCCC1. The number of hydrogen-bond acceptors (Lipinski definition) is 2. The van der Waals surface area contributed by atoms with Gasteiger partial charge in [0.2, 0.25) is 0 Å². The van der Waals surface area contributed by atoms with E-state index in [1.165, 1.54) is 32.1 Å². The quantitative estimate of drug-likeness (QED) is 0.424. The molecule has 0 aromatic heterocycles. The minimum absolute atomic E-state index is 0.479. The van der Waals surface area contributed by atoms with E-state index < -0.39 is 0 Å². The van der Waals surface area contributed by atoms with Crippen molar-refractivity contribution in [3.63, 3.8) is 0 Å². The van der Waals surface area contributed by atoms with Crippen molar-refractivity contribution in [1.29, 1.82) is 0 Å². The summed E-state index contributed by atoms with van der Waals surface area (Å²) in [7, 11) is 3.54. The second-order valence-corrected chi connectivity index (χ2v) is 6.15. The van der Waals surface area contributed by atoms with Crippen molar-refractivity contribution in [2.75, 3.05) is 33.9 Å². The molecule has 0 aliphatic heterocycles. The topological polar surface area (TPSA) is 45.7 Å². The van der Waals surface area contributed by atoms with Gasteiger partial charge in [-0.25, -0.2) is 0 Å². The summed E-state index contributed by atoms with van der Waals surface area (Å²) < 4.78 is 5.04. The first-order valence-electron chi connectivity index (χ1n) is 7.55. The lowest BCUT2D eigenvalue weighted by Gasteiger charge is -2.31. The van der Waals surface area contributed by atoms with Crippen LogP contribution in [-0.4, -0.2) is 39.8 Å². The van der Waals surface area contributed by atoms with Crippen molar-refractivity contribution in [1.82, 2.24) is 10.6 Å². The molecule has 0 heterocycles. The first-order valence-corrected chi connectivity index (χ1v) is 7.55. The monoisotopic (exact) mass is 269 g/mol. The van der Waals surface area contributed by atoms with Gasteiger partial charge < -0.3 is 15.4 Å². The Bertz CT molecular complexity index is 271. The highest BCUT2D eigenvalue weighted by Gasteiger charge is 2.34. The Hall–Kier alpha value is -0.770. The Morgan fingerprint density at radius 2 is 1.95 bits per heavy atom. The fraction of sp³-hybridized carbons (Fsp3) is 0.933.